The van der Waals surface area contributed by atoms with Gasteiger partial charge in [-0.05, 0) is 25.3 Å². The van der Waals surface area contributed by atoms with E-state index in [-0.39, 0.29) is 11.9 Å². The first-order chi connectivity index (χ1) is 9.77. The molecule has 2 aromatic rings. The molecule has 0 aromatic carbocycles. The van der Waals surface area contributed by atoms with Gasteiger partial charge >= 0.3 is 0 Å². The molecule has 1 saturated heterocycles. The van der Waals surface area contributed by atoms with Crippen molar-refractivity contribution in [3.8, 4) is 0 Å². The molecule has 2 aromatic heterocycles. The Morgan fingerprint density at radius 1 is 1.45 bits per heavy atom. The second kappa shape index (κ2) is 5.58. The monoisotopic (exact) mass is 291 g/mol. The van der Waals surface area contributed by atoms with Crippen molar-refractivity contribution in [2.75, 3.05) is 6.54 Å². The number of hydrogen-bond donors (Lipinski definition) is 1. The molecule has 0 aliphatic carbocycles. The fraction of sp³-hybridized carbons (Fsp3) is 0.385. The van der Waals surface area contributed by atoms with Crippen molar-refractivity contribution in [1.82, 2.24) is 25.1 Å². The summed E-state index contributed by atoms with van der Waals surface area (Å²) < 4.78 is 0. The maximum Gasteiger partial charge on any atom is 0.256 e. The Hall–Kier alpha value is -1.95. The summed E-state index contributed by atoms with van der Waals surface area (Å²) >= 11 is 6.07. The minimum absolute atomic E-state index is 0.0667. The number of aromatic nitrogens is 4. The van der Waals surface area contributed by atoms with E-state index in [1.807, 2.05) is 4.90 Å². The number of H-pyrrole nitrogens is 1. The second-order valence-electron chi connectivity index (χ2n) is 4.74. The van der Waals surface area contributed by atoms with Crippen LogP contribution in [0.1, 0.15) is 41.5 Å². The van der Waals surface area contributed by atoms with Gasteiger partial charge in [-0.25, -0.2) is 4.98 Å². The lowest BCUT2D eigenvalue weighted by atomic mass is 10.0. The number of aromatic amines is 1. The van der Waals surface area contributed by atoms with Gasteiger partial charge in [-0.3, -0.25) is 14.9 Å². The first-order valence-electron chi connectivity index (χ1n) is 6.53. The molecule has 0 bridgehead atoms. The van der Waals surface area contributed by atoms with Gasteiger partial charge in [0.05, 0.1) is 16.6 Å². The Labute approximate surface area is 121 Å². The highest BCUT2D eigenvalue weighted by Crippen LogP contribution is 2.30. The number of piperidine rings is 1. The van der Waals surface area contributed by atoms with Gasteiger partial charge in [0, 0.05) is 18.9 Å². The SMILES string of the molecule is O=C(c1ccncc1Cl)N1CCCC[C@@H]1c1ncn[nH]1. The van der Waals surface area contributed by atoms with E-state index < -0.39 is 0 Å². The summed E-state index contributed by atoms with van der Waals surface area (Å²) in [4.78, 5) is 22.6. The molecule has 3 rings (SSSR count). The number of carbonyl (C=O) groups is 1. The summed E-state index contributed by atoms with van der Waals surface area (Å²) in [5.41, 5.74) is 0.480. The number of halogens is 1. The molecule has 1 atom stereocenters. The zero-order valence-corrected chi connectivity index (χ0v) is 11.5. The van der Waals surface area contributed by atoms with Crippen LogP contribution in [0.2, 0.25) is 5.02 Å². The maximum atomic E-state index is 12.7. The van der Waals surface area contributed by atoms with Gasteiger partial charge in [0.25, 0.3) is 5.91 Å². The Balaban J connectivity index is 1.90. The Morgan fingerprint density at radius 3 is 3.10 bits per heavy atom. The Bertz CT molecular complexity index is 601. The molecular formula is C13H14ClN5O. The molecule has 1 aliphatic rings. The summed E-state index contributed by atoms with van der Waals surface area (Å²) in [7, 11) is 0. The Kier molecular flexibility index (Phi) is 3.64. The van der Waals surface area contributed by atoms with Crippen molar-refractivity contribution < 1.29 is 4.79 Å². The minimum atomic E-state index is -0.0847. The highest BCUT2D eigenvalue weighted by molar-refractivity contribution is 6.33. The number of pyridine rings is 1. The van der Waals surface area contributed by atoms with Crippen LogP contribution in [0.25, 0.3) is 0 Å². The largest absolute Gasteiger partial charge is 0.328 e. The predicted molar refractivity (Wildman–Crippen MR) is 73.3 cm³/mol. The van der Waals surface area contributed by atoms with Crippen LogP contribution < -0.4 is 0 Å². The van der Waals surface area contributed by atoms with Crippen molar-refractivity contribution in [3.05, 3.63) is 41.2 Å². The van der Waals surface area contributed by atoms with Gasteiger partial charge in [0.1, 0.15) is 12.2 Å². The molecule has 7 heteroatoms. The molecule has 0 unspecified atom stereocenters. The summed E-state index contributed by atoms with van der Waals surface area (Å²) in [5.74, 6) is 0.640. The first kappa shape index (κ1) is 13.1. The van der Waals surface area contributed by atoms with Crippen LogP contribution in [0.3, 0.4) is 0 Å². The summed E-state index contributed by atoms with van der Waals surface area (Å²) in [6.07, 6.45) is 7.46. The number of hydrogen-bond acceptors (Lipinski definition) is 4. The van der Waals surface area contributed by atoms with E-state index in [2.05, 4.69) is 20.2 Å². The van der Waals surface area contributed by atoms with E-state index in [1.165, 1.54) is 12.5 Å². The average molecular weight is 292 g/mol. The molecule has 1 fully saturated rings. The molecule has 1 amide bonds. The fourth-order valence-electron chi connectivity index (χ4n) is 2.54. The first-order valence-corrected chi connectivity index (χ1v) is 6.91. The van der Waals surface area contributed by atoms with E-state index >= 15 is 0 Å². The maximum absolute atomic E-state index is 12.7. The molecule has 20 heavy (non-hydrogen) atoms. The van der Waals surface area contributed by atoms with Gasteiger partial charge < -0.3 is 4.90 Å². The van der Waals surface area contributed by atoms with E-state index in [9.17, 15) is 4.79 Å². The van der Waals surface area contributed by atoms with Crippen LogP contribution in [0, 0.1) is 0 Å². The van der Waals surface area contributed by atoms with Crippen LogP contribution in [0.4, 0.5) is 0 Å². The average Bonchev–Trinajstić information content (AvgIpc) is 3.01. The van der Waals surface area contributed by atoms with Crippen LogP contribution in [-0.2, 0) is 0 Å². The van der Waals surface area contributed by atoms with Gasteiger partial charge in [0.2, 0.25) is 0 Å². The fourth-order valence-corrected chi connectivity index (χ4v) is 2.74. The van der Waals surface area contributed by atoms with Crippen molar-refractivity contribution in [2.24, 2.45) is 0 Å². The van der Waals surface area contributed by atoms with Crippen LogP contribution in [0.15, 0.2) is 24.8 Å². The number of likely N-dealkylation sites (tertiary alicyclic amines) is 1. The van der Waals surface area contributed by atoms with Crippen molar-refractivity contribution in [1.29, 1.82) is 0 Å². The van der Waals surface area contributed by atoms with Crippen LogP contribution in [0.5, 0.6) is 0 Å². The molecule has 6 nitrogen and oxygen atoms in total. The third kappa shape index (κ3) is 2.38. The van der Waals surface area contributed by atoms with E-state index in [1.54, 1.807) is 12.3 Å². The Morgan fingerprint density at radius 2 is 2.35 bits per heavy atom. The number of nitrogens with zero attached hydrogens (tertiary/aromatic N) is 4. The van der Waals surface area contributed by atoms with E-state index in [0.717, 1.165) is 25.1 Å². The molecule has 1 aliphatic heterocycles. The molecule has 3 heterocycles. The van der Waals surface area contributed by atoms with Gasteiger partial charge in [-0.2, -0.15) is 5.10 Å². The van der Waals surface area contributed by atoms with Crippen molar-refractivity contribution in [2.45, 2.75) is 25.3 Å². The zero-order chi connectivity index (χ0) is 13.9. The number of nitrogens with one attached hydrogen (secondary N) is 1. The standard InChI is InChI=1S/C13H14ClN5O/c14-10-7-15-5-4-9(10)13(20)19-6-2-1-3-11(19)12-16-8-17-18-12/h4-5,7-8,11H,1-3,6H2,(H,16,17,18)/t11-/m1/s1. The molecule has 0 spiro atoms. The lowest BCUT2D eigenvalue weighted by Crippen LogP contribution is -2.39. The lowest BCUT2D eigenvalue weighted by Gasteiger charge is -2.34. The molecule has 1 N–H and O–H groups in total. The summed E-state index contributed by atoms with van der Waals surface area (Å²) in [5, 5.41) is 7.10. The second-order valence-corrected chi connectivity index (χ2v) is 5.14. The highest BCUT2D eigenvalue weighted by atomic mass is 35.5. The van der Waals surface area contributed by atoms with Crippen molar-refractivity contribution >= 4 is 17.5 Å². The van der Waals surface area contributed by atoms with Crippen LogP contribution in [-0.4, -0.2) is 37.5 Å². The predicted octanol–water partition coefficient (Wildman–Crippen LogP) is 2.22. The number of amides is 1. The molecule has 0 saturated carbocycles. The quantitative estimate of drug-likeness (QED) is 0.920. The lowest BCUT2D eigenvalue weighted by molar-refractivity contribution is 0.0600. The minimum Gasteiger partial charge on any atom is -0.328 e. The number of rotatable bonds is 2. The molecular weight excluding hydrogens is 278 g/mol. The highest BCUT2D eigenvalue weighted by Gasteiger charge is 2.31. The molecule has 0 radical (unpaired) electrons. The summed E-state index contributed by atoms with van der Waals surface area (Å²) in [6, 6.07) is 1.58. The third-order valence-corrected chi connectivity index (χ3v) is 3.82. The normalized spacial score (nSPS) is 19.1. The van der Waals surface area contributed by atoms with Gasteiger partial charge in [-0.15, -0.1) is 0 Å². The van der Waals surface area contributed by atoms with Crippen molar-refractivity contribution in [3.63, 3.8) is 0 Å². The third-order valence-electron chi connectivity index (χ3n) is 3.52. The molecule has 104 valence electrons. The summed E-state index contributed by atoms with van der Waals surface area (Å²) in [6.45, 7) is 0.697. The van der Waals surface area contributed by atoms with Gasteiger partial charge in [-0.1, -0.05) is 11.6 Å². The van der Waals surface area contributed by atoms with E-state index in [4.69, 9.17) is 11.6 Å². The number of carbonyl (C=O) groups excluding carboxylic acids is 1. The van der Waals surface area contributed by atoms with Gasteiger partial charge in [0.15, 0.2) is 0 Å². The topological polar surface area (TPSA) is 74.8 Å². The zero-order valence-electron chi connectivity index (χ0n) is 10.8. The smallest absolute Gasteiger partial charge is 0.256 e. The van der Waals surface area contributed by atoms with Crippen LogP contribution >= 0.6 is 11.6 Å². The van der Waals surface area contributed by atoms with E-state index in [0.29, 0.717) is 17.1 Å².